The molecule has 2 bridgehead atoms. The summed E-state index contributed by atoms with van der Waals surface area (Å²) in [4.78, 5) is 12.6. The van der Waals surface area contributed by atoms with E-state index in [4.69, 9.17) is 0 Å². The fourth-order valence-corrected chi connectivity index (χ4v) is 4.98. The molecular formula is C22H25N5O2S. The number of hydrogen-bond donors (Lipinski definition) is 0. The van der Waals surface area contributed by atoms with Crippen LogP contribution in [0.4, 0.5) is 0 Å². The van der Waals surface area contributed by atoms with Crippen molar-refractivity contribution < 1.29 is 4.21 Å². The van der Waals surface area contributed by atoms with Gasteiger partial charge in [-0.15, -0.1) is 5.10 Å². The summed E-state index contributed by atoms with van der Waals surface area (Å²) in [6.45, 7) is 5.67. The molecule has 6 rings (SSSR count). The normalized spacial score (nSPS) is 24.4. The summed E-state index contributed by atoms with van der Waals surface area (Å²) in [5.41, 5.74) is 1.87. The molecule has 3 aliphatic rings. The van der Waals surface area contributed by atoms with E-state index >= 15 is 0 Å². The Labute approximate surface area is 177 Å². The van der Waals surface area contributed by atoms with Gasteiger partial charge < -0.3 is 4.57 Å². The lowest BCUT2D eigenvalue weighted by Crippen LogP contribution is -2.59. The van der Waals surface area contributed by atoms with Crippen molar-refractivity contribution in [3.05, 3.63) is 58.3 Å². The number of rotatable bonds is 4. The van der Waals surface area contributed by atoms with Gasteiger partial charge in [-0.3, -0.25) is 4.79 Å². The van der Waals surface area contributed by atoms with Crippen LogP contribution in [0.3, 0.4) is 0 Å². The second-order valence-corrected chi connectivity index (χ2v) is 11.5. The average Bonchev–Trinajstić information content (AvgIpc) is 3.08. The van der Waals surface area contributed by atoms with Gasteiger partial charge in [-0.05, 0) is 63.5 Å². The van der Waals surface area contributed by atoms with Crippen LogP contribution in [-0.4, -0.2) is 34.2 Å². The zero-order valence-corrected chi connectivity index (χ0v) is 18.4. The van der Waals surface area contributed by atoms with Crippen LogP contribution in [0.25, 0.3) is 10.8 Å². The third-order valence-electron chi connectivity index (χ3n) is 6.30. The van der Waals surface area contributed by atoms with E-state index in [-0.39, 0.29) is 11.1 Å². The second-order valence-electron chi connectivity index (χ2n) is 9.55. The van der Waals surface area contributed by atoms with Crippen LogP contribution in [0, 0.1) is 5.92 Å². The largest absolute Gasteiger partial charge is 0.318 e. The summed E-state index contributed by atoms with van der Waals surface area (Å²) >= 11 is 0. The van der Waals surface area contributed by atoms with Crippen LogP contribution in [0.2, 0.25) is 0 Å². The molecule has 0 spiro atoms. The summed E-state index contributed by atoms with van der Waals surface area (Å²) in [7, 11) is 0.246. The maximum atomic E-state index is 13.0. The quantitative estimate of drug-likeness (QED) is 0.604. The standard InChI is InChI=1S/C22H25N5O2S/c1-21(2,3)30(29)24-19(18-13-27(25-23-18)22-10-14(11-22)12-22)16-6-5-7-17-15(16)8-9-26(4)20(17)28/h5-9,13-14H,10-12H2,1-4H3/b24-19+/t14?,22?,30-/m1/s1. The predicted molar refractivity (Wildman–Crippen MR) is 118 cm³/mol. The van der Waals surface area contributed by atoms with E-state index in [1.54, 1.807) is 23.9 Å². The van der Waals surface area contributed by atoms with Gasteiger partial charge in [0.05, 0.1) is 16.5 Å². The van der Waals surface area contributed by atoms with Gasteiger partial charge in [0.15, 0.2) is 0 Å². The molecule has 156 valence electrons. The molecule has 2 aromatic heterocycles. The summed E-state index contributed by atoms with van der Waals surface area (Å²) in [6, 6.07) is 7.44. The van der Waals surface area contributed by atoms with Crippen molar-refractivity contribution >= 4 is 27.5 Å². The highest BCUT2D eigenvalue weighted by Crippen LogP contribution is 2.61. The van der Waals surface area contributed by atoms with Crippen LogP contribution >= 0.6 is 0 Å². The summed E-state index contributed by atoms with van der Waals surface area (Å²) in [6.07, 6.45) is 7.13. The van der Waals surface area contributed by atoms with Crippen molar-refractivity contribution in [1.29, 1.82) is 0 Å². The van der Waals surface area contributed by atoms with Gasteiger partial charge in [-0.25, -0.2) is 8.89 Å². The molecule has 0 unspecified atom stereocenters. The van der Waals surface area contributed by atoms with Gasteiger partial charge >= 0.3 is 0 Å². The fourth-order valence-electron chi connectivity index (χ4n) is 4.35. The molecule has 30 heavy (non-hydrogen) atoms. The number of fused-ring (bicyclic) bond motifs is 1. The number of aryl methyl sites for hydroxylation is 1. The Morgan fingerprint density at radius 1 is 1.20 bits per heavy atom. The smallest absolute Gasteiger partial charge is 0.258 e. The molecule has 2 heterocycles. The first-order valence-electron chi connectivity index (χ1n) is 10.2. The number of aromatic nitrogens is 4. The third kappa shape index (κ3) is 2.88. The van der Waals surface area contributed by atoms with Gasteiger partial charge in [0.2, 0.25) is 0 Å². The van der Waals surface area contributed by atoms with E-state index in [1.807, 2.05) is 49.8 Å². The maximum absolute atomic E-state index is 13.0. The fraction of sp³-hybridized carbons (Fsp3) is 0.455. The van der Waals surface area contributed by atoms with Crippen LogP contribution in [0.5, 0.6) is 0 Å². The first-order chi connectivity index (χ1) is 14.2. The lowest BCUT2D eigenvalue weighted by Gasteiger charge is -2.61. The molecule has 3 fully saturated rings. The van der Waals surface area contributed by atoms with Crippen molar-refractivity contribution in [2.24, 2.45) is 17.4 Å². The van der Waals surface area contributed by atoms with E-state index < -0.39 is 15.7 Å². The molecule has 8 heteroatoms. The van der Waals surface area contributed by atoms with Crippen molar-refractivity contribution in [2.45, 2.75) is 50.3 Å². The Bertz CT molecular complexity index is 1260. The van der Waals surface area contributed by atoms with E-state index in [0.29, 0.717) is 16.8 Å². The molecule has 1 aromatic carbocycles. The minimum atomic E-state index is -1.48. The van der Waals surface area contributed by atoms with Gasteiger partial charge in [0.1, 0.15) is 22.4 Å². The SMILES string of the molecule is Cn1ccc2c(/C(=N\[S@](=O)C(C)(C)C)c3cn(C45CC(C4)C5)nn3)cccc2c1=O. The molecule has 0 saturated heterocycles. The summed E-state index contributed by atoms with van der Waals surface area (Å²) in [5, 5.41) is 10.2. The van der Waals surface area contributed by atoms with Gasteiger partial charge in [0, 0.05) is 24.2 Å². The topological polar surface area (TPSA) is 82.1 Å². The lowest BCUT2D eigenvalue weighted by molar-refractivity contribution is -0.0988. The van der Waals surface area contributed by atoms with Crippen LogP contribution < -0.4 is 5.56 Å². The van der Waals surface area contributed by atoms with Crippen LogP contribution in [-0.2, 0) is 23.6 Å². The Hall–Kier alpha value is -2.61. The predicted octanol–water partition coefficient (Wildman–Crippen LogP) is 2.94. The van der Waals surface area contributed by atoms with Crippen molar-refractivity contribution in [2.75, 3.05) is 0 Å². The molecule has 3 saturated carbocycles. The lowest BCUT2D eigenvalue weighted by atomic mass is 9.50. The number of hydrogen-bond acceptors (Lipinski definition) is 4. The Balaban J connectivity index is 1.69. The molecule has 3 aromatic rings. The minimum Gasteiger partial charge on any atom is -0.318 e. The molecule has 0 N–H and O–H groups in total. The molecule has 0 radical (unpaired) electrons. The monoisotopic (exact) mass is 423 g/mol. The second kappa shape index (κ2) is 6.44. The Morgan fingerprint density at radius 3 is 2.57 bits per heavy atom. The molecule has 3 aliphatic carbocycles. The highest BCUT2D eigenvalue weighted by atomic mass is 32.2. The third-order valence-corrected chi connectivity index (χ3v) is 7.70. The van der Waals surface area contributed by atoms with Gasteiger partial charge in [-0.2, -0.15) is 4.40 Å². The zero-order chi connectivity index (χ0) is 21.3. The van der Waals surface area contributed by atoms with Crippen molar-refractivity contribution in [1.82, 2.24) is 19.6 Å². The van der Waals surface area contributed by atoms with Crippen molar-refractivity contribution in [3.63, 3.8) is 0 Å². The minimum absolute atomic E-state index is 0.0804. The molecular weight excluding hydrogens is 398 g/mol. The van der Waals surface area contributed by atoms with E-state index in [0.717, 1.165) is 36.1 Å². The van der Waals surface area contributed by atoms with Gasteiger partial charge in [-0.1, -0.05) is 17.3 Å². The zero-order valence-electron chi connectivity index (χ0n) is 17.6. The van der Waals surface area contributed by atoms with Gasteiger partial charge in [0.25, 0.3) is 5.56 Å². The van der Waals surface area contributed by atoms with E-state index in [1.165, 1.54) is 0 Å². The summed E-state index contributed by atoms with van der Waals surface area (Å²) < 4.78 is 20.6. The number of benzene rings is 1. The Morgan fingerprint density at radius 2 is 1.93 bits per heavy atom. The molecule has 7 nitrogen and oxygen atoms in total. The Kier molecular flexibility index (Phi) is 4.16. The van der Waals surface area contributed by atoms with Crippen molar-refractivity contribution in [3.8, 4) is 0 Å². The first-order valence-corrected chi connectivity index (χ1v) is 11.3. The molecule has 0 amide bonds. The highest BCUT2D eigenvalue weighted by Gasteiger charge is 2.58. The number of pyridine rings is 1. The molecule has 0 aliphatic heterocycles. The van der Waals surface area contributed by atoms with Crippen LogP contribution in [0.15, 0.2) is 45.9 Å². The number of nitrogens with zero attached hydrogens (tertiary/aromatic N) is 5. The van der Waals surface area contributed by atoms with E-state index in [9.17, 15) is 9.00 Å². The average molecular weight is 424 g/mol. The van der Waals surface area contributed by atoms with E-state index in [2.05, 4.69) is 14.7 Å². The first kappa shape index (κ1) is 19.4. The van der Waals surface area contributed by atoms with Crippen LogP contribution in [0.1, 0.15) is 51.3 Å². The summed E-state index contributed by atoms with van der Waals surface area (Å²) in [5.74, 6) is 0.827. The maximum Gasteiger partial charge on any atom is 0.258 e. The highest BCUT2D eigenvalue weighted by molar-refractivity contribution is 7.85. The molecule has 1 atom stereocenters.